The Labute approximate surface area is 114 Å². The Balaban J connectivity index is 2.02. The summed E-state index contributed by atoms with van der Waals surface area (Å²) in [6, 6.07) is 4.95. The standard InChI is InChI=1S/C11H11Cl2N3O2/c1-6-5-18-11(17)10(14-6)16-15-7-2-3-8(12)9(13)4-7/h2-4,6,15H,5H2,1H3,(H,14,16)/t6-/m1/s1. The maximum Gasteiger partial charge on any atom is 0.375 e. The summed E-state index contributed by atoms with van der Waals surface area (Å²) >= 11 is 11.7. The first-order valence-corrected chi connectivity index (χ1v) is 6.04. The third kappa shape index (κ3) is 3.05. The Kier molecular flexibility index (Phi) is 3.93. The van der Waals surface area contributed by atoms with E-state index in [2.05, 4.69) is 15.8 Å². The summed E-state index contributed by atoms with van der Waals surface area (Å²) in [6.07, 6.45) is 0. The molecule has 1 aliphatic rings. The highest BCUT2D eigenvalue weighted by Crippen LogP contribution is 2.24. The summed E-state index contributed by atoms with van der Waals surface area (Å²) in [5, 5.41) is 0.884. The second-order valence-corrected chi connectivity index (χ2v) is 4.62. The number of ether oxygens (including phenoxy) is 1. The van der Waals surface area contributed by atoms with Gasteiger partial charge in [-0.3, -0.25) is 15.8 Å². The van der Waals surface area contributed by atoms with Crippen LogP contribution >= 0.6 is 23.2 Å². The lowest BCUT2D eigenvalue weighted by Gasteiger charge is -2.18. The molecule has 0 saturated heterocycles. The molecule has 96 valence electrons. The molecule has 1 aromatic rings. The third-order valence-electron chi connectivity index (χ3n) is 2.24. The fourth-order valence-electron chi connectivity index (χ4n) is 1.36. The number of cyclic esters (lactones) is 1. The quantitative estimate of drug-likeness (QED) is 0.647. The van der Waals surface area contributed by atoms with Crippen LogP contribution in [0, 0.1) is 0 Å². The number of aliphatic imine (C=N–C) groups is 1. The van der Waals surface area contributed by atoms with Crippen LogP contribution < -0.4 is 10.9 Å². The molecular formula is C11H11Cl2N3O2. The predicted molar refractivity (Wildman–Crippen MR) is 71.1 cm³/mol. The second kappa shape index (κ2) is 5.46. The van der Waals surface area contributed by atoms with Crippen LogP contribution in [0.4, 0.5) is 5.69 Å². The van der Waals surface area contributed by atoms with Gasteiger partial charge in [-0.1, -0.05) is 23.2 Å². The molecular weight excluding hydrogens is 277 g/mol. The molecule has 1 heterocycles. The van der Waals surface area contributed by atoms with E-state index in [4.69, 9.17) is 27.9 Å². The number of benzene rings is 1. The van der Waals surface area contributed by atoms with Gasteiger partial charge in [-0.05, 0) is 25.1 Å². The van der Waals surface area contributed by atoms with E-state index < -0.39 is 5.97 Å². The smallest absolute Gasteiger partial charge is 0.375 e. The van der Waals surface area contributed by atoms with Crippen LogP contribution in [-0.4, -0.2) is 24.5 Å². The number of halogens is 2. The van der Waals surface area contributed by atoms with Crippen molar-refractivity contribution in [3.8, 4) is 0 Å². The van der Waals surface area contributed by atoms with Gasteiger partial charge < -0.3 is 4.74 Å². The molecule has 1 aromatic carbocycles. The zero-order valence-electron chi connectivity index (χ0n) is 9.54. The van der Waals surface area contributed by atoms with Gasteiger partial charge >= 0.3 is 5.97 Å². The zero-order chi connectivity index (χ0) is 13.1. The minimum absolute atomic E-state index is 0.0548. The van der Waals surface area contributed by atoms with Gasteiger partial charge in [0, 0.05) is 0 Å². The van der Waals surface area contributed by atoms with Crippen molar-refractivity contribution in [1.29, 1.82) is 0 Å². The first-order valence-electron chi connectivity index (χ1n) is 5.28. The number of carbonyl (C=O) groups excluding carboxylic acids is 1. The predicted octanol–water partition coefficient (Wildman–Crippen LogP) is 2.25. The normalized spacial score (nSPS) is 18.9. The molecule has 0 radical (unpaired) electrons. The third-order valence-corrected chi connectivity index (χ3v) is 2.98. The fraction of sp³-hybridized carbons (Fsp3) is 0.273. The lowest BCUT2D eigenvalue weighted by Crippen LogP contribution is -2.41. The van der Waals surface area contributed by atoms with E-state index in [-0.39, 0.29) is 11.9 Å². The number of amidine groups is 1. The van der Waals surface area contributed by atoms with Crippen molar-refractivity contribution < 1.29 is 9.53 Å². The Hall–Kier alpha value is -1.46. The van der Waals surface area contributed by atoms with E-state index >= 15 is 0 Å². The minimum Gasteiger partial charge on any atom is -0.458 e. The molecule has 18 heavy (non-hydrogen) atoms. The number of rotatable bonds is 2. The van der Waals surface area contributed by atoms with Crippen molar-refractivity contribution >= 4 is 40.7 Å². The number of nitrogens with zero attached hydrogens (tertiary/aromatic N) is 1. The van der Waals surface area contributed by atoms with Crippen LogP contribution in [0.1, 0.15) is 6.92 Å². The van der Waals surface area contributed by atoms with Crippen molar-refractivity contribution in [2.75, 3.05) is 12.0 Å². The van der Waals surface area contributed by atoms with Crippen molar-refractivity contribution in [2.24, 2.45) is 4.99 Å². The molecule has 0 amide bonds. The molecule has 0 bridgehead atoms. The monoisotopic (exact) mass is 287 g/mol. The number of esters is 1. The molecule has 2 rings (SSSR count). The van der Waals surface area contributed by atoms with Crippen molar-refractivity contribution in [3.05, 3.63) is 28.2 Å². The summed E-state index contributed by atoms with van der Waals surface area (Å²) < 4.78 is 4.91. The topological polar surface area (TPSA) is 62.7 Å². The summed E-state index contributed by atoms with van der Waals surface area (Å²) in [7, 11) is 0. The molecule has 0 aliphatic carbocycles. The number of nitrogens with one attached hydrogen (secondary N) is 2. The minimum atomic E-state index is -0.485. The summed E-state index contributed by atoms with van der Waals surface area (Å²) in [5.74, 6) is -0.347. The highest BCUT2D eigenvalue weighted by molar-refractivity contribution is 6.42. The summed E-state index contributed by atoms with van der Waals surface area (Å²) in [6.45, 7) is 2.16. The van der Waals surface area contributed by atoms with E-state index in [1.807, 2.05) is 6.92 Å². The maximum absolute atomic E-state index is 11.4. The molecule has 2 N–H and O–H groups in total. The van der Waals surface area contributed by atoms with Gasteiger partial charge in [0.1, 0.15) is 6.61 Å². The van der Waals surface area contributed by atoms with Gasteiger partial charge in [-0.15, -0.1) is 0 Å². The van der Waals surface area contributed by atoms with Crippen LogP contribution in [0.15, 0.2) is 23.2 Å². The van der Waals surface area contributed by atoms with Crippen LogP contribution in [0.5, 0.6) is 0 Å². The summed E-state index contributed by atoms with van der Waals surface area (Å²) in [5.41, 5.74) is 6.16. The number of hydrazine groups is 1. The Morgan fingerprint density at radius 3 is 2.83 bits per heavy atom. The zero-order valence-corrected chi connectivity index (χ0v) is 11.0. The largest absolute Gasteiger partial charge is 0.458 e. The van der Waals surface area contributed by atoms with Gasteiger partial charge in [0.2, 0.25) is 5.84 Å². The van der Waals surface area contributed by atoms with Crippen molar-refractivity contribution in [1.82, 2.24) is 5.43 Å². The van der Waals surface area contributed by atoms with E-state index in [9.17, 15) is 4.79 Å². The average Bonchev–Trinajstić information content (AvgIpc) is 2.34. The number of hydrogen-bond donors (Lipinski definition) is 2. The molecule has 0 fully saturated rings. The SMILES string of the molecule is C[C@@H]1COC(=O)C(NNc2ccc(Cl)c(Cl)c2)=N1. The van der Waals surface area contributed by atoms with Crippen LogP contribution in [0.2, 0.25) is 10.0 Å². The summed E-state index contributed by atoms with van der Waals surface area (Å²) in [4.78, 5) is 15.5. The number of anilines is 1. The van der Waals surface area contributed by atoms with Gasteiger partial charge in [0.15, 0.2) is 0 Å². The highest BCUT2D eigenvalue weighted by atomic mass is 35.5. The molecule has 0 unspecified atom stereocenters. The van der Waals surface area contributed by atoms with E-state index in [0.717, 1.165) is 0 Å². The molecule has 1 atom stereocenters. The van der Waals surface area contributed by atoms with Crippen molar-refractivity contribution in [2.45, 2.75) is 13.0 Å². The van der Waals surface area contributed by atoms with E-state index in [1.54, 1.807) is 18.2 Å². The van der Waals surface area contributed by atoms with Crippen LogP contribution in [0.3, 0.4) is 0 Å². The lowest BCUT2D eigenvalue weighted by molar-refractivity contribution is -0.137. The van der Waals surface area contributed by atoms with Crippen molar-refractivity contribution in [3.63, 3.8) is 0 Å². The lowest BCUT2D eigenvalue weighted by atomic mass is 10.3. The fourth-order valence-corrected chi connectivity index (χ4v) is 1.66. The molecule has 0 saturated carbocycles. The van der Waals surface area contributed by atoms with E-state index in [1.165, 1.54) is 0 Å². The maximum atomic E-state index is 11.4. The second-order valence-electron chi connectivity index (χ2n) is 3.80. The average molecular weight is 288 g/mol. The molecule has 0 spiro atoms. The van der Waals surface area contributed by atoms with Gasteiger partial charge in [0.05, 0.1) is 21.8 Å². The molecule has 0 aromatic heterocycles. The first kappa shape index (κ1) is 13.0. The molecule has 1 aliphatic heterocycles. The highest BCUT2D eigenvalue weighted by Gasteiger charge is 2.20. The Bertz CT molecular complexity index is 505. The van der Waals surface area contributed by atoms with Gasteiger partial charge in [-0.25, -0.2) is 4.79 Å². The van der Waals surface area contributed by atoms with Crippen LogP contribution in [0.25, 0.3) is 0 Å². The number of carbonyl (C=O) groups is 1. The first-order chi connectivity index (χ1) is 8.56. The van der Waals surface area contributed by atoms with Crippen LogP contribution in [-0.2, 0) is 9.53 Å². The Morgan fingerprint density at radius 2 is 2.11 bits per heavy atom. The molecule has 5 nitrogen and oxygen atoms in total. The number of hydrogen-bond acceptors (Lipinski definition) is 5. The van der Waals surface area contributed by atoms with Gasteiger partial charge in [-0.2, -0.15) is 0 Å². The Morgan fingerprint density at radius 1 is 1.33 bits per heavy atom. The molecule has 7 heteroatoms. The van der Waals surface area contributed by atoms with Gasteiger partial charge in [0.25, 0.3) is 0 Å². The van der Waals surface area contributed by atoms with E-state index in [0.29, 0.717) is 22.3 Å².